The van der Waals surface area contributed by atoms with Crippen LogP contribution in [0, 0.1) is 0 Å². The lowest BCUT2D eigenvalue weighted by Gasteiger charge is -2.22. The Labute approximate surface area is 172 Å². The van der Waals surface area contributed by atoms with Gasteiger partial charge in [-0.2, -0.15) is 13.2 Å². The molecule has 0 spiro atoms. The first-order chi connectivity index (χ1) is 13.5. The average Bonchev–Trinajstić information content (AvgIpc) is 2.64. The maximum atomic E-state index is 13.2. The van der Waals surface area contributed by atoms with E-state index in [1.807, 2.05) is 0 Å². The molecular formula is C21H21ClF3NO3. The number of halogens is 4. The minimum atomic E-state index is -4.51. The number of carbonyl (C=O) groups excluding carboxylic acids is 2. The second-order valence-electron chi connectivity index (χ2n) is 6.50. The van der Waals surface area contributed by atoms with Crippen LogP contribution in [0.2, 0.25) is 5.02 Å². The molecule has 0 aliphatic rings. The number of benzene rings is 2. The highest BCUT2D eigenvalue weighted by Crippen LogP contribution is 2.35. The summed E-state index contributed by atoms with van der Waals surface area (Å²) in [5.41, 5.74) is 1.17. The SMILES string of the molecule is CCN(Cc1cc(C(F)(F)F)ccc1-c1cc(Cl)cc(CC(=O)OC)c1)C(C)=O. The topological polar surface area (TPSA) is 46.6 Å². The zero-order valence-electron chi connectivity index (χ0n) is 16.3. The maximum Gasteiger partial charge on any atom is 0.416 e. The molecule has 0 atom stereocenters. The van der Waals surface area contributed by atoms with Gasteiger partial charge in [-0.3, -0.25) is 9.59 Å². The van der Waals surface area contributed by atoms with Gasteiger partial charge < -0.3 is 9.64 Å². The first kappa shape index (κ1) is 22.7. The van der Waals surface area contributed by atoms with E-state index in [9.17, 15) is 22.8 Å². The first-order valence-electron chi connectivity index (χ1n) is 8.87. The van der Waals surface area contributed by atoms with E-state index in [0.717, 1.165) is 12.1 Å². The molecule has 0 fully saturated rings. The Kier molecular flexibility index (Phi) is 7.30. The van der Waals surface area contributed by atoms with Crippen molar-refractivity contribution < 1.29 is 27.5 Å². The van der Waals surface area contributed by atoms with Gasteiger partial charge in [0.05, 0.1) is 19.1 Å². The molecule has 0 bridgehead atoms. The van der Waals surface area contributed by atoms with Crippen molar-refractivity contribution in [2.24, 2.45) is 0 Å². The molecule has 0 saturated carbocycles. The fourth-order valence-electron chi connectivity index (χ4n) is 2.98. The third kappa shape index (κ3) is 5.97. The molecule has 0 unspecified atom stereocenters. The van der Waals surface area contributed by atoms with Gasteiger partial charge in [0.2, 0.25) is 5.91 Å². The highest BCUT2D eigenvalue weighted by Gasteiger charge is 2.31. The van der Waals surface area contributed by atoms with Crippen molar-refractivity contribution in [3.63, 3.8) is 0 Å². The van der Waals surface area contributed by atoms with Crippen molar-refractivity contribution in [3.8, 4) is 11.1 Å². The van der Waals surface area contributed by atoms with Crippen LogP contribution in [-0.4, -0.2) is 30.4 Å². The van der Waals surface area contributed by atoms with Crippen molar-refractivity contribution in [1.29, 1.82) is 0 Å². The van der Waals surface area contributed by atoms with Crippen LogP contribution < -0.4 is 0 Å². The number of rotatable bonds is 6. The maximum absolute atomic E-state index is 13.2. The van der Waals surface area contributed by atoms with Gasteiger partial charge in [-0.1, -0.05) is 23.7 Å². The standard InChI is InChI=1S/C21H21ClF3NO3/c1-4-26(13(2)27)12-16-10-17(21(23,24)25)5-6-19(16)15-7-14(8-18(22)11-15)9-20(28)29-3/h5-8,10-11H,4,9,12H2,1-3H3. The number of alkyl halides is 3. The Morgan fingerprint density at radius 3 is 2.38 bits per heavy atom. The van der Waals surface area contributed by atoms with E-state index < -0.39 is 17.7 Å². The van der Waals surface area contributed by atoms with Crippen molar-refractivity contribution in [1.82, 2.24) is 4.90 Å². The normalized spacial score (nSPS) is 11.3. The zero-order chi connectivity index (χ0) is 21.8. The van der Waals surface area contributed by atoms with E-state index in [1.54, 1.807) is 25.1 Å². The molecule has 8 heteroatoms. The Bertz CT molecular complexity index is 913. The van der Waals surface area contributed by atoms with Crippen molar-refractivity contribution in [2.45, 2.75) is 33.0 Å². The predicted octanol–water partition coefficient (Wildman–Crippen LogP) is 5.11. The minimum Gasteiger partial charge on any atom is -0.469 e. The van der Waals surface area contributed by atoms with Crippen LogP contribution in [0.1, 0.15) is 30.5 Å². The van der Waals surface area contributed by atoms with Crippen LogP contribution in [0.4, 0.5) is 13.2 Å². The fraction of sp³-hybridized carbons (Fsp3) is 0.333. The molecule has 0 heterocycles. The van der Waals surface area contributed by atoms with Crippen molar-refractivity contribution in [2.75, 3.05) is 13.7 Å². The van der Waals surface area contributed by atoms with E-state index in [4.69, 9.17) is 11.6 Å². The Hall–Kier alpha value is -2.54. The summed E-state index contributed by atoms with van der Waals surface area (Å²) in [4.78, 5) is 24.8. The molecule has 29 heavy (non-hydrogen) atoms. The summed E-state index contributed by atoms with van der Waals surface area (Å²) in [5.74, 6) is -0.701. The number of hydrogen-bond acceptors (Lipinski definition) is 3. The second-order valence-corrected chi connectivity index (χ2v) is 6.94. The zero-order valence-corrected chi connectivity index (χ0v) is 17.0. The van der Waals surface area contributed by atoms with E-state index in [2.05, 4.69) is 4.74 Å². The summed E-state index contributed by atoms with van der Waals surface area (Å²) >= 11 is 6.17. The molecule has 156 valence electrons. The van der Waals surface area contributed by atoms with Crippen LogP contribution in [0.5, 0.6) is 0 Å². The van der Waals surface area contributed by atoms with Gasteiger partial charge in [0.25, 0.3) is 0 Å². The first-order valence-corrected chi connectivity index (χ1v) is 9.25. The number of esters is 1. The second kappa shape index (κ2) is 9.31. The van der Waals surface area contributed by atoms with Crippen molar-refractivity contribution in [3.05, 3.63) is 58.1 Å². The lowest BCUT2D eigenvalue weighted by atomic mass is 9.95. The smallest absolute Gasteiger partial charge is 0.416 e. The largest absolute Gasteiger partial charge is 0.469 e. The van der Waals surface area contributed by atoms with E-state index in [1.165, 1.54) is 25.0 Å². The fourth-order valence-corrected chi connectivity index (χ4v) is 3.24. The van der Waals surface area contributed by atoms with Gasteiger partial charge in [0.1, 0.15) is 0 Å². The highest BCUT2D eigenvalue weighted by atomic mass is 35.5. The summed E-state index contributed by atoms with van der Waals surface area (Å²) in [7, 11) is 1.27. The lowest BCUT2D eigenvalue weighted by Crippen LogP contribution is -2.28. The van der Waals surface area contributed by atoms with Crippen molar-refractivity contribution >= 4 is 23.5 Å². The summed E-state index contributed by atoms with van der Waals surface area (Å²) in [6.45, 7) is 3.49. The van der Waals surface area contributed by atoms with Crippen LogP contribution in [0.25, 0.3) is 11.1 Å². The van der Waals surface area contributed by atoms with Gasteiger partial charge in [-0.25, -0.2) is 0 Å². The summed E-state index contributed by atoms with van der Waals surface area (Å²) in [6, 6.07) is 8.28. The molecule has 2 aromatic carbocycles. The number of methoxy groups -OCH3 is 1. The Morgan fingerprint density at radius 2 is 1.83 bits per heavy atom. The van der Waals surface area contributed by atoms with Crippen LogP contribution in [0.15, 0.2) is 36.4 Å². The van der Waals surface area contributed by atoms with Gasteiger partial charge >= 0.3 is 12.1 Å². The number of amides is 1. The molecule has 0 aliphatic heterocycles. The molecule has 0 aromatic heterocycles. The van der Waals surface area contributed by atoms with Gasteiger partial charge in [0, 0.05) is 25.0 Å². The van der Waals surface area contributed by atoms with Gasteiger partial charge in [-0.05, 0) is 53.4 Å². The number of nitrogens with zero attached hydrogens (tertiary/aromatic N) is 1. The Balaban J connectivity index is 2.59. The lowest BCUT2D eigenvalue weighted by molar-refractivity contribution is -0.140. The Morgan fingerprint density at radius 1 is 1.14 bits per heavy atom. The summed E-state index contributed by atoms with van der Waals surface area (Å²) < 4.78 is 44.4. The molecule has 0 aliphatic carbocycles. The molecule has 0 N–H and O–H groups in total. The quantitative estimate of drug-likeness (QED) is 0.602. The molecule has 1 amide bonds. The molecular weight excluding hydrogens is 407 g/mol. The van der Waals surface area contributed by atoms with E-state index in [-0.39, 0.29) is 18.9 Å². The van der Waals surface area contributed by atoms with Gasteiger partial charge in [0.15, 0.2) is 0 Å². The van der Waals surface area contributed by atoms with E-state index >= 15 is 0 Å². The molecule has 0 radical (unpaired) electrons. The van der Waals surface area contributed by atoms with Crippen LogP contribution in [-0.2, 0) is 33.5 Å². The minimum absolute atomic E-state index is 0.0178. The van der Waals surface area contributed by atoms with Crippen LogP contribution >= 0.6 is 11.6 Å². The molecule has 2 aromatic rings. The van der Waals surface area contributed by atoms with Gasteiger partial charge in [-0.15, -0.1) is 0 Å². The average molecular weight is 428 g/mol. The summed E-state index contributed by atoms with van der Waals surface area (Å²) in [6.07, 6.45) is -4.53. The molecule has 4 nitrogen and oxygen atoms in total. The number of hydrogen-bond donors (Lipinski definition) is 0. The third-order valence-corrected chi connectivity index (χ3v) is 4.68. The monoisotopic (exact) mass is 427 g/mol. The summed E-state index contributed by atoms with van der Waals surface area (Å²) in [5, 5.41) is 0.339. The third-order valence-electron chi connectivity index (χ3n) is 4.47. The predicted molar refractivity (Wildman–Crippen MR) is 104 cm³/mol. The number of carbonyl (C=O) groups is 2. The number of ether oxygens (including phenoxy) is 1. The van der Waals surface area contributed by atoms with Crippen LogP contribution in [0.3, 0.4) is 0 Å². The highest BCUT2D eigenvalue weighted by molar-refractivity contribution is 6.31. The van der Waals surface area contributed by atoms with E-state index in [0.29, 0.717) is 33.8 Å². The molecule has 0 saturated heterocycles. The molecule has 2 rings (SSSR count).